The summed E-state index contributed by atoms with van der Waals surface area (Å²) in [5, 5.41) is 16.9. The zero-order valence-electron chi connectivity index (χ0n) is 13.7. The Morgan fingerprint density at radius 1 is 1.19 bits per heavy atom. The van der Waals surface area contributed by atoms with Crippen molar-refractivity contribution in [3.63, 3.8) is 0 Å². The van der Waals surface area contributed by atoms with Gasteiger partial charge in [-0.2, -0.15) is 5.26 Å². The molecule has 1 heterocycles. The first-order valence-electron chi connectivity index (χ1n) is 7.79. The molecule has 0 fully saturated rings. The van der Waals surface area contributed by atoms with Crippen molar-refractivity contribution in [1.82, 2.24) is 0 Å². The number of primary sulfonamides is 1. The van der Waals surface area contributed by atoms with E-state index >= 15 is 0 Å². The highest BCUT2D eigenvalue weighted by Gasteiger charge is 2.19. The van der Waals surface area contributed by atoms with Crippen LogP contribution in [0.2, 0.25) is 0 Å². The molecule has 0 spiro atoms. The predicted octanol–water partition coefficient (Wildman–Crippen LogP) is 1.74. The lowest BCUT2D eigenvalue weighted by Gasteiger charge is -2.14. The number of carbonyl (C=O) groups excluding carboxylic acids is 1. The van der Waals surface area contributed by atoms with Gasteiger partial charge in [0.15, 0.2) is 0 Å². The fourth-order valence-electron chi connectivity index (χ4n) is 2.72. The third-order valence-corrected chi connectivity index (χ3v) is 4.94. The lowest BCUT2D eigenvalue weighted by atomic mass is 10.2. The zero-order chi connectivity index (χ0) is 18.7. The summed E-state index contributed by atoms with van der Waals surface area (Å²) in [5.41, 5.74) is 2.47. The number of hydrogen-bond donors (Lipinski definition) is 2. The molecule has 0 unspecified atom stereocenters. The molecule has 0 bridgehead atoms. The molecule has 0 atom stereocenters. The molecular weight excluding hydrogens is 352 g/mol. The second-order valence-electron chi connectivity index (χ2n) is 5.75. The number of hydrogen-bond acceptors (Lipinski definition) is 5. The highest BCUT2D eigenvalue weighted by Crippen LogP contribution is 2.28. The van der Waals surface area contributed by atoms with E-state index in [1.165, 1.54) is 36.0 Å². The van der Waals surface area contributed by atoms with Gasteiger partial charge >= 0.3 is 0 Å². The number of carbonyl (C=O) groups is 1. The van der Waals surface area contributed by atoms with Gasteiger partial charge in [-0.05, 0) is 42.3 Å². The van der Waals surface area contributed by atoms with Crippen molar-refractivity contribution in [2.45, 2.75) is 11.3 Å². The van der Waals surface area contributed by atoms with E-state index in [0.29, 0.717) is 12.2 Å². The molecular formula is C18H16N4O3S. The average Bonchev–Trinajstić information content (AvgIpc) is 3.02. The van der Waals surface area contributed by atoms with Gasteiger partial charge in [-0.25, -0.2) is 13.6 Å². The number of nitrogens with one attached hydrogen (secondary N) is 1. The number of nitrogens with zero attached hydrogens (tertiary/aromatic N) is 2. The number of nitrogens with two attached hydrogens (primary N) is 1. The van der Waals surface area contributed by atoms with Crippen LogP contribution >= 0.6 is 0 Å². The van der Waals surface area contributed by atoms with Crippen molar-refractivity contribution in [3.8, 4) is 6.07 Å². The van der Waals surface area contributed by atoms with Crippen LogP contribution < -0.4 is 15.4 Å². The summed E-state index contributed by atoms with van der Waals surface area (Å²) in [6.45, 7) is 0.695. The molecule has 3 rings (SSSR count). The zero-order valence-corrected chi connectivity index (χ0v) is 14.5. The number of amides is 1. The molecule has 0 aliphatic carbocycles. The number of benzene rings is 2. The normalized spacial score (nSPS) is 13.8. The fraction of sp³-hybridized carbons (Fsp3) is 0.111. The molecule has 1 aliphatic rings. The van der Waals surface area contributed by atoms with Crippen LogP contribution in [0.1, 0.15) is 5.56 Å². The van der Waals surface area contributed by atoms with E-state index in [1.54, 1.807) is 0 Å². The Kier molecular flexibility index (Phi) is 4.75. The van der Waals surface area contributed by atoms with E-state index in [4.69, 9.17) is 5.14 Å². The highest BCUT2D eigenvalue weighted by molar-refractivity contribution is 7.89. The lowest BCUT2D eigenvalue weighted by Crippen LogP contribution is -2.19. The van der Waals surface area contributed by atoms with E-state index in [9.17, 15) is 18.5 Å². The Morgan fingerprint density at radius 3 is 2.54 bits per heavy atom. The van der Waals surface area contributed by atoms with Crippen LogP contribution in [0.3, 0.4) is 0 Å². The smallest absolute Gasteiger partial charge is 0.267 e. The maximum Gasteiger partial charge on any atom is 0.267 e. The van der Waals surface area contributed by atoms with Gasteiger partial charge in [0.05, 0.1) is 4.90 Å². The second kappa shape index (κ2) is 7.00. The van der Waals surface area contributed by atoms with Gasteiger partial charge < -0.3 is 10.2 Å². The topological polar surface area (TPSA) is 116 Å². The van der Waals surface area contributed by atoms with Gasteiger partial charge in [0.2, 0.25) is 10.0 Å². The number of sulfonamides is 1. The van der Waals surface area contributed by atoms with E-state index in [0.717, 1.165) is 12.1 Å². The van der Waals surface area contributed by atoms with Crippen LogP contribution in [0.25, 0.3) is 0 Å². The Bertz CT molecular complexity index is 1020. The van der Waals surface area contributed by atoms with E-state index in [1.807, 2.05) is 35.2 Å². The summed E-state index contributed by atoms with van der Waals surface area (Å²) in [4.78, 5) is 14.2. The quantitative estimate of drug-likeness (QED) is 0.630. The minimum Gasteiger partial charge on any atom is -0.346 e. The molecule has 0 saturated heterocycles. The maximum absolute atomic E-state index is 12.4. The molecule has 7 nitrogen and oxygen atoms in total. The SMILES string of the molecule is N#C/C(=C/N1CCc2ccccc21)C(=O)Nc1ccc(S(N)(=O)=O)cc1. The molecule has 2 aromatic rings. The largest absolute Gasteiger partial charge is 0.346 e. The van der Waals surface area contributed by atoms with Crippen LogP contribution in [0.5, 0.6) is 0 Å². The van der Waals surface area contributed by atoms with Gasteiger partial charge in [0, 0.05) is 24.1 Å². The minimum atomic E-state index is -3.80. The van der Waals surface area contributed by atoms with E-state index < -0.39 is 15.9 Å². The van der Waals surface area contributed by atoms with Gasteiger partial charge in [-0.1, -0.05) is 18.2 Å². The number of anilines is 2. The van der Waals surface area contributed by atoms with Crippen molar-refractivity contribution in [3.05, 3.63) is 65.9 Å². The molecule has 0 saturated carbocycles. The Balaban J connectivity index is 1.77. The first kappa shape index (κ1) is 17.7. The number of para-hydroxylation sites is 1. The van der Waals surface area contributed by atoms with Crippen molar-refractivity contribution < 1.29 is 13.2 Å². The molecule has 0 aromatic heterocycles. The summed E-state index contributed by atoms with van der Waals surface area (Å²) >= 11 is 0. The summed E-state index contributed by atoms with van der Waals surface area (Å²) < 4.78 is 22.5. The molecule has 3 N–H and O–H groups in total. The average molecular weight is 368 g/mol. The Morgan fingerprint density at radius 2 is 1.88 bits per heavy atom. The minimum absolute atomic E-state index is 0.0442. The monoisotopic (exact) mass is 368 g/mol. The molecule has 1 amide bonds. The second-order valence-corrected chi connectivity index (χ2v) is 7.31. The van der Waals surface area contributed by atoms with Gasteiger partial charge in [-0.3, -0.25) is 4.79 Å². The summed E-state index contributed by atoms with van der Waals surface area (Å²) in [5.74, 6) is -0.569. The number of rotatable bonds is 4. The fourth-order valence-corrected chi connectivity index (χ4v) is 3.23. The van der Waals surface area contributed by atoms with Crippen LogP contribution in [0.4, 0.5) is 11.4 Å². The lowest BCUT2D eigenvalue weighted by molar-refractivity contribution is -0.112. The molecule has 2 aromatic carbocycles. The molecule has 8 heteroatoms. The third kappa shape index (κ3) is 3.74. The van der Waals surface area contributed by atoms with E-state index in [-0.39, 0.29) is 10.5 Å². The van der Waals surface area contributed by atoms with Gasteiger partial charge in [-0.15, -0.1) is 0 Å². The van der Waals surface area contributed by atoms with E-state index in [2.05, 4.69) is 5.32 Å². The molecule has 0 radical (unpaired) electrons. The summed E-state index contributed by atoms with van der Waals surface area (Å²) in [6, 6.07) is 15.1. The molecule has 132 valence electrons. The first-order valence-corrected chi connectivity index (χ1v) is 9.34. The van der Waals surface area contributed by atoms with Crippen LogP contribution in [0, 0.1) is 11.3 Å². The van der Waals surface area contributed by atoms with Crippen molar-refractivity contribution in [2.24, 2.45) is 5.14 Å². The number of nitriles is 1. The summed E-state index contributed by atoms with van der Waals surface area (Å²) in [6.07, 6.45) is 2.38. The predicted molar refractivity (Wildman–Crippen MR) is 97.6 cm³/mol. The van der Waals surface area contributed by atoms with Crippen molar-refractivity contribution in [1.29, 1.82) is 5.26 Å². The maximum atomic E-state index is 12.4. The standard InChI is InChI=1S/C18H16N4O3S/c19-11-14(12-22-10-9-13-3-1-2-4-17(13)22)18(23)21-15-5-7-16(8-6-15)26(20,24)25/h1-8,12H,9-10H2,(H,21,23)(H2,20,24,25)/b14-12-. The number of fused-ring (bicyclic) bond motifs is 1. The highest BCUT2D eigenvalue weighted by atomic mass is 32.2. The van der Waals surface area contributed by atoms with Crippen LogP contribution in [-0.4, -0.2) is 20.9 Å². The molecule has 26 heavy (non-hydrogen) atoms. The van der Waals surface area contributed by atoms with Crippen LogP contribution in [-0.2, 0) is 21.2 Å². The summed E-state index contributed by atoms with van der Waals surface area (Å²) in [7, 11) is -3.80. The first-order chi connectivity index (χ1) is 12.4. The Labute approximate surface area is 151 Å². The van der Waals surface area contributed by atoms with Gasteiger partial charge in [0.25, 0.3) is 5.91 Å². The van der Waals surface area contributed by atoms with Gasteiger partial charge in [0.1, 0.15) is 11.6 Å². The van der Waals surface area contributed by atoms with Crippen molar-refractivity contribution >= 4 is 27.3 Å². The van der Waals surface area contributed by atoms with Crippen molar-refractivity contribution in [2.75, 3.05) is 16.8 Å². The third-order valence-electron chi connectivity index (χ3n) is 4.01. The molecule has 1 aliphatic heterocycles. The Hall–Kier alpha value is -3.15. The van der Waals surface area contributed by atoms with Crippen LogP contribution in [0.15, 0.2) is 65.2 Å².